The predicted octanol–water partition coefficient (Wildman–Crippen LogP) is 7.34. The molecule has 0 fully saturated rings. The van der Waals surface area contributed by atoms with Gasteiger partial charge < -0.3 is 15.0 Å². The zero-order valence-corrected chi connectivity index (χ0v) is 20.1. The molecule has 4 nitrogen and oxygen atoms in total. The molecule has 0 unspecified atom stereocenters. The Balaban J connectivity index is 1.54. The molecular weight excluding hydrogens is 432 g/mol. The van der Waals surface area contributed by atoms with Crippen LogP contribution in [0, 0.1) is 0 Å². The molecular formula is C31H32N2O2. The van der Waals surface area contributed by atoms with Crippen molar-refractivity contribution in [2.45, 2.75) is 25.8 Å². The maximum absolute atomic E-state index is 13.4. The molecule has 0 heterocycles. The van der Waals surface area contributed by atoms with E-state index >= 15 is 0 Å². The lowest BCUT2D eigenvalue weighted by atomic mass is 9.88. The summed E-state index contributed by atoms with van der Waals surface area (Å²) in [6.45, 7) is 3.73. The zero-order chi connectivity index (χ0) is 24.3. The minimum Gasteiger partial charge on any atom is -0.494 e. The molecule has 0 spiro atoms. The summed E-state index contributed by atoms with van der Waals surface area (Å²) in [6, 6.07) is 38.5. The fourth-order valence-electron chi connectivity index (χ4n) is 4.24. The van der Waals surface area contributed by atoms with Crippen molar-refractivity contribution < 1.29 is 9.53 Å². The fraction of sp³-hybridized carbons (Fsp3) is 0.194. The van der Waals surface area contributed by atoms with Gasteiger partial charge in [-0.25, -0.2) is 4.79 Å². The Morgan fingerprint density at radius 1 is 0.771 bits per heavy atom. The molecule has 4 aromatic carbocycles. The Bertz CT molecular complexity index is 1120. The number of urea groups is 1. The number of carbonyl (C=O) groups excluding carboxylic acids is 1. The highest BCUT2D eigenvalue weighted by molar-refractivity contribution is 5.89. The number of hydrogen-bond acceptors (Lipinski definition) is 2. The molecule has 178 valence electrons. The number of hydrogen-bond donors (Lipinski definition) is 1. The minimum atomic E-state index is -0.107. The number of ether oxygens (including phenoxy) is 1. The van der Waals surface area contributed by atoms with Gasteiger partial charge in [-0.3, -0.25) is 0 Å². The van der Waals surface area contributed by atoms with Crippen LogP contribution in [0.5, 0.6) is 5.75 Å². The number of carbonyl (C=O) groups is 1. The summed E-state index contributed by atoms with van der Waals surface area (Å²) in [5, 5.41) is 3.06. The summed E-state index contributed by atoms with van der Waals surface area (Å²) >= 11 is 0. The van der Waals surface area contributed by atoms with Gasteiger partial charge in [-0.15, -0.1) is 0 Å². The molecule has 4 rings (SSSR count). The minimum absolute atomic E-state index is 0.107. The number of nitrogens with zero attached hydrogens (tertiary/aromatic N) is 1. The Hall–Kier alpha value is -4.05. The molecule has 35 heavy (non-hydrogen) atoms. The van der Waals surface area contributed by atoms with Crippen molar-refractivity contribution in [2.75, 3.05) is 18.5 Å². The number of amides is 2. The first-order valence-corrected chi connectivity index (χ1v) is 12.2. The van der Waals surface area contributed by atoms with E-state index in [1.807, 2.05) is 78.6 Å². The van der Waals surface area contributed by atoms with Crippen molar-refractivity contribution in [3.8, 4) is 5.75 Å². The third kappa shape index (κ3) is 6.97. The summed E-state index contributed by atoms with van der Waals surface area (Å²) < 4.78 is 5.58. The molecule has 2 amide bonds. The smallest absolute Gasteiger partial charge is 0.322 e. The molecule has 0 atom stereocenters. The van der Waals surface area contributed by atoms with E-state index in [1.165, 1.54) is 11.1 Å². The van der Waals surface area contributed by atoms with Gasteiger partial charge in [0.15, 0.2) is 0 Å². The average Bonchev–Trinajstić information content (AvgIpc) is 2.91. The first-order valence-electron chi connectivity index (χ1n) is 12.2. The number of para-hydroxylation sites is 1. The van der Waals surface area contributed by atoms with Gasteiger partial charge in [-0.2, -0.15) is 0 Å². The van der Waals surface area contributed by atoms with Crippen LogP contribution in [0.1, 0.15) is 36.0 Å². The molecule has 0 aliphatic rings. The molecule has 0 aromatic heterocycles. The highest BCUT2D eigenvalue weighted by Gasteiger charge is 2.19. The van der Waals surface area contributed by atoms with Gasteiger partial charge >= 0.3 is 6.03 Å². The molecule has 0 aliphatic heterocycles. The Kier molecular flexibility index (Phi) is 8.55. The second-order valence-corrected chi connectivity index (χ2v) is 8.46. The Morgan fingerprint density at radius 2 is 1.31 bits per heavy atom. The van der Waals surface area contributed by atoms with Crippen molar-refractivity contribution in [1.29, 1.82) is 0 Å². The topological polar surface area (TPSA) is 41.6 Å². The number of rotatable bonds is 10. The van der Waals surface area contributed by atoms with Crippen molar-refractivity contribution in [2.24, 2.45) is 0 Å². The van der Waals surface area contributed by atoms with Crippen LogP contribution in [0.4, 0.5) is 10.5 Å². The monoisotopic (exact) mass is 464 g/mol. The lowest BCUT2D eigenvalue weighted by Gasteiger charge is -2.26. The maximum Gasteiger partial charge on any atom is 0.322 e. The van der Waals surface area contributed by atoms with Crippen LogP contribution in [0.2, 0.25) is 0 Å². The molecule has 0 radical (unpaired) electrons. The second-order valence-electron chi connectivity index (χ2n) is 8.46. The average molecular weight is 465 g/mol. The van der Waals surface area contributed by atoms with Gasteiger partial charge in [-0.1, -0.05) is 91.0 Å². The largest absolute Gasteiger partial charge is 0.494 e. The van der Waals surface area contributed by atoms with Crippen molar-refractivity contribution in [1.82, 2.24) is 4.90 Å². The third-order valence-corrected chi connectivity index (χ3v) is 6.01. The van der Waals surface area contributed by atoms with E-state index < -0.39 is 0 Å². The van der Waals surface area contributed by atoms with Crippen LogP contribution in [0.15, 0.2) is 115 Å². The van der Waals surface area contributed by atoms with Crippen molar-refractivity contribution >= 4 is 11.7 Å². The maximum atomic E-state index is 13.4. The SMILES string of the molecule is CCOc1ccc(CN(CCC(c2ccccc2)c2ccccc2)C(=O)Nc2ccccc2)cc1. The lowest BCUT2D eigenvalue weighted by molar-refractivity contribution is 0.207. The second kappa shape index (κ2) is 12.4. The van der Waals surface area contributed by atoms with E-state index in [4.69, 9.17) is 4.74 Å². The fourth-order valence-corrected chi connectivity index (χ4v) is 4.24. The van der Waals surface area contributed by atoms with Crippen LogP contribution in [0.25, 0.3) is 0 Å². The van der Waals surface area contributed by atoms with Crippen LogP contribution >= 0.6 is 0 Å². The highest BCUT2D eigenvalue weighted by Crippen LogP contribution is 2.28. The van der Waals surface area contributed by atoms with Crippen molar-refractivity contribution in [3.63, 3.8) is 0 Å². The first-order chi connectivity index (χ1) is 17.2. The molecule has 1 N–H and O–H groups in total. The molecule has 0 bridgehead atoms. The van der Waals surface area contributed by atoms with Gasteiger partial charge in [0.2, 0.25) is 0 Å². The highest BCUT2D eigenvalue weighted by atomic mass is 16.5. The first kappa shape index (κ1) is 24.1. The molecule has 0 aliphatic carbocycles. The van der Waals surface area contributed by atoms with E-state index in [2.05, 4.69) is 53.8 Å². The molecule has 0 saturated heterocycles. The van der Waals surface area contributed by atoms with Gasteiger partial charge in [0.1, 0.15) is 5.75 Å². The molecule has 4 heteroatoms. The Morgan fingerprint density at radius 3 is 1.86 bits per heavy atom. The number of benzene rings is 4. The van der Waals surface area contributed by atoms with E-state index in [-0.39, 0.29) is 11.9 Å². The zero-order valence-electron chi connectivity index (χ0n) is 20.1. The molecule has 0 saturated carbocycles. The quantitative estimate of drug-likeness (QED) is 0.267. The standard InChI is InChI=1S/C31H32N2O2/c1-2-35-29-20-18-25(19-21-29)24-33(31(34)32-28-16-10-5-11-17-28)23-22-30(26-12-6-3-7-13-26)27-14-8-4-9-15-27/h3-21,30H,2,22-24H2,1H3,(H,32,34). The van der Waals surface area contributed by atoms with Crippen molar-refractivity contribution in [3.05, 3.63) is 132 Å². The normalized spacial score (nSPS) is 10.7. The summed E-state index contributed by atoms with van der Waals surface area (Å²) in [4.78, 5) is 15.3. The van der Waals surface area contributed by atoms with Crippen LogP contribution in [-0.4, -0.2) is 24.1 Å². The summed E-state index contributed by atoms with van der Waals surface area (Å²) in [6.07, 6.45) is 0.813. The van der Waals surface area contributed by atoms with E-state index in [0.717, 1.165) is 23.4 Å². The van der Waals surface area contributed by atoms with Crippen LogP contribution in [-0.2, 0) is 6.54 Å². The Labute approximate surface area is 208 Å². The van der Waals surface area contributed by atoms with Gasteiger partial charge in [0.05, 0.1) is 6.61 Å². The van der Waals surface area contributed by atoms with E-state index in [0.29, 0.717) is 19.7 Å². The van der Waals surface area contributed by atoms with Gasteiger partial charge in [0.25, 0.3) is 0 Å². The summed E-state index contributed by atoms with van der Waals surface area (Å²) in [5.41, 5.74) is 4.36. The van der Waals surface area contributed by atoms with Crippen LogP contribution < -0.4 is 10.1 Å². The van der Waals surface area contributed by atoms with Gasteiger partial charge in [0, 0.05) is 24.7 Å². The van der Waals surface area contributed by atoms with E-state index in [1.54, 1.807) is 0 Å². The summed E-state index contributed by atoms with van der Waals surface area (Å²) in [5.74, 6) is 1.04. The van der Waals surface area contributed by atoms with Crippen LogP contribution in [0.3, 0.4) is 0 Å². The summed E-state index contributed by atoms with van der Waals surface area (Å²) in [7, 11) is 0. The number of nitrogens with one attached hydrogen (secondary N) is 1. The lowest BCUT2D eigenvalue weighted by Crippen LogP contribution is -2.36. The predicted molar refractivity (Wildman–Crippen MR) is 143 cm³/mol. The molecule has 4 aromatic rings. The van der Waals surface area contributed by atoms with E-state index in [9.17, 15) is 4.79 Å². The number of anilines is 1. The van der Waals surface area contributed by atoms with Gasteiger partial charge in [-0.05, 0) is 54.3 Å². The third-order valence-electron chi connectivity index (χ3n) is 6.01.